The third-order valence-electron chi connectivity index (χ3n) is 1.70. The zero-order valence-electron chi connectivity index (χ0n) is 9.62. The molecule has 1 amide bonds. The molecular formula is C10H19N3O3. The van der Waals surface area contributed by atoms with Gasteiger partial charge in [-0.25, -0.2) is 0 Å². The van der Waals surface area contributed by atoms with Crippen molar-refractivity contribution in [1.82, 2.24) is 10.6 Å². The fourth-order valence-electron chi connectivity index (χ4n) is 0.911. The van der Waals surface area contributed by atoms with Gasteiger partial charge in [0, 0.05) is 20.2 Å². The fraction of sp³-hybridized carbons (Fsp3) is 0.800. The van der Waals surface area contributed by atoms with Crippen LogP contribution in [-0.2, 0) is 14.3 Å². The van der Waals surface area contributed by atoms with Gasteiger partial charge in [0.2, 0.25) is 5.91 Å². The number of hydrogen-bond donors (Lipinski definition) is 2. The van der Waals surface area contributed by atoms with Gasteiger partial charge >= 0.3 is 0 Å². The molecule has 0 atom stereocenters. The Kier molecular flexibility index (Phi) is 11.0. The second-order valence-corrected chi connectivity index (χ2v) is 3.04. The molecule has 16 heavy (non-hydrogen) atoms. The first kappa shape index (κ1) is 14.8. The minimum atomic E-state index is -0.104. The molecule has 0 unspecified atom stereocenters. The zero-order chi connectivity index (χ0) is 12.1. The van der Waals surface area contributed by atoms with E-state index in [0.717, 1.165) is 0 Å². The molecule has 0 saturated heterocycles. The highest BCUT2D eigenvalue weighted by Crippen LogP contribution is 1.75. The van der Waals surface area contributed by atoms with E-state index < -0.39 is 0 Å². The molecule has 0 aromatic carbocycles. The van der Waals surface area contributed by atoms with Crippen molar-refractivity contribution in [3.63, 3.8) is 0 Å². The number of nitriles is 1. The van der Waals surface area contributed by atoms with Gasteiger partial charge in [0.15, 0.2) is 0 Å². The number of amides is 1. The second-order valence-electron chi connectivity index (χ2n) is 3.04. The van der Waals surface area contributed by atoms with Crippen molar-refractivity contribution in [3.8, 4) is 6.07 Å². The first-order valence-electron chi connectivity index (χ1n) is 5.22. The van der Waals surface area contributed by atoms with E-state index in [0.29, 0.717) is 39.3 Å². The maximum Gasteiger partial charge on any atom is 0.233 e. The van der Waals surface area contributed by atoms with Crippen molar-refractivity contribution < 1.29 is 14.3 Å². The van der Waals surface area contributed by atoms with Crippen molar-refractivity contribution in [2.45, 2.75) is 6.42 Å². The number of nitrogens with one attached hydrogen (secondary N) is 2. The minimum Gasteiger partial charge on any atom is -0.382 e. The molecule has 0 aromatic rings. The van der Waals surface area contributed by atoms with Gasteiger partial charge in [-0.1, -0.05) is 0 Å². The summed E-state index contributed by atoms with van der Waals surface area (Å²) in [6.07, 6.45) is 0.339. The van der Waals surface area contributed by atoms with E-state index in [1.54, 1.807) is 7.11 Å². The van der Waals surface area contributed by atoms with Gasteiger partial charge in [0.25, 0.3) is 0 Å². The van der Waals surface area contributed by atoms with E-state index in [-0.39, 0.29) is 12.5 Å². The van der Waals surface area contributed by atoms with Crippen LogP contribution in [0.3, 0.4) is 0 Å². The van der Waals surface area contributed by atoms with Gasteiger partial charge in [-0.2, -0.15) is 5.26 Å². The van der Waals surface area contributed by atoms with Gasteiger partial charge in [0.05, 0.1) is 38.9 Å². The number of nitrogens with zero attached hydrogens (tertiary/aromatic N) is 1. The van der Waals surface area contributed by atoms with Crippen molar-refractivity contribution in [2.24, 2.45) is 0 Å². The molecule has 6 nitrogen and oxygen atoms in total. The molecule has 0 fully saturated rings. The molecule has 92 valence electrons. The number of carbonyl (C=O) groups excluding carboxylic acids is 1. The van der Waals surface area contributed by atoms with E-state index >= 15 is 0 Å². The molecule has 0 spiro atoms. The molecule has 0 heterocycles. The van der Waals surface area contributed by atoms with Crippen molar-refractivity contribution in [1.29, 1.82) is 5.26 Å². The van der Waals surface area contributed by atoms with Crippen molar-refractivity contribution in [2.75, 3.05) is 46.6 Å². The zero-order valence-corrected chi connectivity index (χ0v) is 9.62. The number of ether oxygens (including phenoxy) is 2. The first-order chi connectivity index (χ1) is 7.81. The lowest BCUT2D eigenvalue weighted by Gasteiger charge is -2.06. The van der Waals surface area contributed by atoms with Crippen LogP contribution in [0.2, 0.25) is 0 Å². The maximum atomic E-state index is 11.1. The first-order valence-corrected chi connectivity index (χ1v) is 5.22. The topological polar surface area (TPSA) is 83.4 Å². The highest BCUT2D eigenvalue weighted by molar-refractivity contribution is 5.77. The third-order valence-corrected chi connectivity index (χ3v) is 1.70. The molecule has 6 heteroatoms. The normalized spacial score (nSPS) is 9.75. The van der Waals surface area contributed by atoms with Crippen LogP contribution in [0.25, 0.3) is 0 Å². The van der Waals surface area contributed by atoms with E-state index in [4.69, 9.17) is 14.7 Å². The molecule has 0 bridgehead atoms. The Morgan fingerprint density at radius 3 is 2.81 bits per heavy atom. The van der Waals surface area contributed by atoms with Gasteiger partial charge in [-0.05, 0) is 0 Å². The highest BCUT2D eigenvalue weighted by atomic mass is 16.5. The Hall–Kier alpha value is -1.16. The van der Waals surface area contributed by atoms with Crippen LogP contribution in [0.4, 0.5) is 0 Å². The molecule has 0 aromatic heterocycles. The van der Waals surface area contributed by atoms with Crippen LogP contribution in [-0.4, -0.2) is 52.5 Å². The number of rotatable bonds is 10. The predicted molar refractivity (Wildman–Crippen MR) is 58.8 cm³/mol. The van der Waals surface area contributed by atoms with Crippen LogP contribution in [0.1, 0.15) is 6.42 Å². The lowest BCUT2D eigenvalue weighted by atomic mass is 10.4. The lowest BCUT2D eigenvalue weighted by Crippen LogP contribution is -2.35. The van der Waals surface area contributed by atoms with Crippen LogP contribution >= 0.6 is 0 Å². The highest BCUT2D eigenvalue weighted by Gasteiger charge is 1.98. The summed E-state index contributed by atoms with van der Waals surface area (Å²) in [5.41, 5.74) is 0. The number of hydrogen-bond acceptors (Lipinski definition) is 5. The average molecular weight is 229 g/mol. The van der Waals surface area contributed by atoms with Gasteiger partial charge in [-0.3, -0.25) is 4.79 Å². The van der Waals surface area contributed by atoms with Gasteiger partial charge in [-0.15, -0.1) is 0 Å². The molecule has 0 aliphatic rings. The summed E-state index contributed by atoms with van der Waals surface area (Å²) in [4.78, 5) is 11.1. The molecule has 0 saturated carbocycles. The molecule has 2 N–H and O–H groups in total. The quantitative estimate of drug-likeness (QED) is 0.482. The number of carbonyl (C=O) groups is 1. The maximum absolute atomic E-state index is 11.1. The van der Waals surface area contributed by atoms with E-state index in [2.05, 4.69) is 10.6 Å². The molecular weight excluding hydrogens is 210 g/mol. The Morgan fingerprint density at radius 2 is 2.12 bits per heavy atom. The SMILES string of the molecule is COCCOCCNCC(=O)NCCC#N. The standard InChI is InChI=1S/C10H19N3O3/c1-15-7-8-16-6-5-12-9-10(14)13-4-2-3-11/h12H,2,4-9H2,1H3,(H,13,14). The van der Waals surface area contributed by atoms with Crippen LogP contribution in [0, 0.1) is 11.3 Å². The summed E-state index contributed by atoms with van der Waals surface area (Å²) in [5, 5.41) is 13.8. The summed E-state index contributed by atoms with van der Waals surface area (Å²) >= 11 is 0. The van der Waals surface area contributed by atoms with E-state index in [1.165, 1.54) is 0 Å². The fourth-order valence-corrected chi connectivity index (χ4v) is 0.911. The number of methoxy groups -OCH3 is 1. The van der Waals surface area contributed by atoms with Gasteiger partial charge < -0.3 is 20.1 Å². The van der Waals surface area contributed by atoms with Crippen molar-refractivity contribution in [3.05, 3.63) is 0 Å². The molecule has 0 aliphatic carbocycles. The smallest absolute Gasteiger partial charge is 0.233 e. The summed E-state index contributed by atoms with van der Waals surface area (Å²) in [7, 11) is 1.62. The Bertz CT molecular complexity index is 216. The molecule has 0 radical (unpaired) electrons. The predicted octanol–water partition coefficient (Wildman–Crippen LogP) is -0.731. The summed E-state index contributed by atoms with van der Waals surface area (Å²) in [6.45, 7) is 2.96. The van der Waals surface area contributed by atoms with Crippen molar-refractivity contribution >= 4 is 5.91 Å². The van der Waals surface area contributed by atoms with E-state index in [9.17, 15) is 4.79 Å². The van der Waals surface area contributed by atoms with Crippen LogP contribution in [0.5, 0.6) is 0 Å². The second kappa shape index (κ2) is 11.9. The summed E-state index contributed by atoms with van der Waals surface area (Å²) < 4.78 is 10.00. The Balaban J connectivity index is 3.12. The van der Waals surface area contributed by atoms with E-state index in [1.807, 2.05) is 6.07 Å². The average Bonchev–Trinajstić information content (AvgIpc) is 2.28. The summed E-state index contributed by atoms with van der Waals surface area (Å²) in [6, 6.07) is 1.95. The van der Waals surface area contributed by atoms with Gasteiger partial charge in [0.1, 0.15) is 0 Å². The lowest BCUT2D eigenvalue weighted by molar-refractivity contribution is -0.120. The Labute approximate surface area is 95.9 Å². The molecule has 0 aliphatic heterocycles. The Morgan fingerprint density at radius 1 is 1.31 bits per heavy atom. The van der Waals surface area contributed by atoms with Crippen LogP contribution in [0.15, 0.2) is 0 Å². The summed E-state index contributed by atoms with van der Waals surface area (Å²) in [5.74, 6) is -0.104. The van der Waals surface area contributed by atoms with Crippen LogP contribution < -0.4 is 10.6 Å². The monoisotopic (exact) mass is 229 g/mol. The largest absolute Gasteiger partial charge is 0.382 e. The molecule has 0 rings (SSSR count). The third kappa shape index (κ3) is 10.9. The minimum absolute atomic E-state index is 0.104.